The highest BCUT2D eigenvalue weighted by Crippen LogP contribution is 2.39. The maximum Gasteiger partial charge on any atom is 0.240 e. The van der Waals surface area contributed by atoms with Gasteiger partial charge in [-0.3, -0.25) is 4.99 Å². The summed E-state index contributed by atoms with van der Waals surface area (Å²) in [6, 6.07) is 5.86. The molecule has 1 aliphatic heterocycles. The van der Waals surface area contributed by atoms with E-state index in [0.717, 1.165) is 33.9 Å². The molecule has 3 aromatic heterocycles. The van der Waals surface area contributed by atoms with E-state index < -0.39 is 6.17 Å². The summed E-state index contributed by atoms with van der Waals surface area (Å²) in [5, 5.41) is 7.29. The molecule has 0 spiro atoms. The fourth-order valence-corrected chi connectivity index (χ4v) is 3.27. The van der Waals surface area contributed by atoms with Crippen LogP contribution in [0, 0.1) is 0 Å². The second-order valence-electron chi connectivity index (χ2n) is 6.31. The number of anilines is 1. The van der Waals surface area contributed by atoms with Crippen molar-refractivity contribution in [3.05, 3.63) is 36.3 Å². The van der Waals surface area contributed by atoms with E-state index in [-0.39, 0.29) is 5.92 Å². The summed E-state index contributed by atoms with van der Waals surface area (Å²) in [4.78, 5) is 13.6. The van der Waals surface area contributed by atoms with Crippen LogP contribution in [-0.4, -0.2) is 38.5 Å². The maximum absolute atomic E-state index is 13.6. The van der Waals surface area contributed by atoms with Crippen LogP contribution in [-0.2, 0) is 0 Å². The van der Waals surface area contributed by atoms with Gasteiger partial charge in [0.25, 0.3) is 0 Å². The first-order valence-electron chi connectivity index (χ1n) is 8.29. The fraction of sp³-hybridized carbons (Fsp3) is 0.333. The van der Waals surface area contributed by atoms with Gasteiger partial charge < -0.3 is 5.32 Å². The molecule has 4 rings (SSSR count). The first-order valence-corrected chi connectivity index (χ1v) is 8.29. The van der Waals surface area contributed by atoms with Gasteiger partial charge in [0.2, 0.25) is 5.95 Å². The quantitative estimate of drug-likeness (QED) is 0.786. The van der Waals surface area contributed by atoms with Crippen LogP contribution < -0.4 is 5.32 Å². The highest BCUT2D eigenvalue weighted by atomic mass is 19.1. The number of hydrogen-bond donors (Lipinski definition) is 1. The molecule has 0 amide bonds. The first-order chi connectivity index (χ1) is 12.1. The van der Waals surface area contributed by atoms with Crippen molar-refractivity contribution in [2.24, 2.45) is 4.99 Å². The van der Waals surface area contributed by atoms with Crippen LogP contribution in [0.25, 0.3) is 16.8 Å². The number of halogens is 1. The number of nitrogens with zero attached hydrogens (tertiary/aromatic N) is 5. The van der Waals surface area contributed by atoms with E-state index in [2.05, 4.69) is 20.4 Å². The zero-order valence-corrected chi connectivity index (χ0v) is 14.4. The van der Waals surface area contributed by atoms with E-state index in [1.54, 1.807) is 24.7 Å². The molecule has 0 aliphatic carbocycles. The normalized spacial score (nSPS) is 17.4. The van der Waals surface area contributed by atoms with Crippen LogP contribution in [0.2, 0.25) is 0 Å². The number of alkyl halides is 1. The molecule has 0 fully saturated rings. The van der Waals surface area contributed by atoms with Crippen molar-refractivity contribution in [3.63, 3.8) is 0 Å². The molecule has 2 atom stereocenters. The van der Waals surface area contributed by atoms with E-state index in [0.29, 0.717) is 12.4 Å². The number of nitrogens with one attached hydrogen (secondary N) is 1. The second-order valence-corrected chi connectivity index (χ2v) is 6.31. The summed E-state index contributed by atoms with van der Waals surface area (Å²) >= 11 is 0. The topological polar surface area (TPSA) is 67.5 Å². The minimum absolute atomic E-state index is 0.0593. The number of hydrogen-bond acceptors (Lipinski definition) is 5. The standard InChI is InChI=1S/C18H19FN6/c1-10(19)8-13-11(2)22-15-5-4-14(23-17(13)15)12-6-7-25-16(12)9-21-18(20-3)24-25/h4-7,9-10,13H,8H2,1-3H3,(H,20,24). The van der Waals surface area contributed by atoms with Crippen LogP contribution in [0.5, 0.6) is 0 Å². The highest BCUT2D eigenvalue weighted by molar-refractivity contribution is 5.96. The summed E-state index contributed by atoms with van der Waals surface area (Å²) in [6.45, 7) is 3.52. The van der Waals surface area contributed by atoms with Gasteiger partial charge in [-0.1, -0.05) is 0 Å². The molecule has 25 heavy (non-hydrogen) atoms. The molecule has 6 nitrogen and oxygen atoms in total. The highest BCUT2D eigenvalue weighted by Gasteiger charge is 2.28. The Hall–Kier alpha value is -2.83. The van der Waals surface area contributed by atoms with Gasteiger partial charge >= 0.3 is 0 Å². The van der Waals surface area contributed by atoms with E-state index in [4.69, 9.17) is 4.98 Å². The average molecular weight is 338 g/mol. The van der Waals surface area contributed by atoms with Crippen LogP contribution in [0.3, 0.4) is 0 Å². The first kappa shape index (κ1) is 15.7. The molecule has 1 aliphatic rings. The van der Waals surface area contributed by atoms with Gasteiger partial charge in [0.05, 0.1) is 35.0 Å². The molecule has 2 unspecified atom stereocenters. The number of aromatic nitrogens is 4. The zero-order chi connectivity index (χ0) is 17.6. The maximum atomic E-state index is 13.6. The molecule has 7 heteroatoms. The molecule has 4 heterocycles. The summed E-state index contributed by atoms with van der Waals surface area (Å²) in [7, 11) is 1.78. The Balaban J connectivity index is 1.78. The Morgan fingerprint density at radius 2 is 2.16 bits per heavy atom. The van der Waals surface area contributed by atoms with Crippen LogP contribution in [0.15, 0.2) is 35.6 Å². The van der Waals surface area contributed by atoms with E-state index in [1.807, 2.05) is 31.3 Å². The third-order valence-corrected chi connectivity index (χ3v) is 4.51. The Bertz CT molecular complexity index is 975. The van der Waals surface area contributed by atoms with Gasteiger partial charge in [0.15, 0.2) is 0 Å². The van der Waals surface area contributed by atoms with Crippen molar-refractivity contribution in [1.82, 2.24) is 19.6 Å². The monoisotopic (exact) mass is 338 g/mol. The van der Waals surface area contributed by atoms with Crippen molar-refractivity contribution in [2.75, 3.05) is 12.4 Å². The number of pyridine rings is 1. The number of rotatable bonds is 4. The Morgan fingerprint density at radius 1 is 1.32 bits per heavy atom. The minimum Gasteiger partial charge on any atom is -0.356 e. The molecular weight excluding hydrogens is 319 g/mol. The van der Waals surface area contributed by atoms with E-state index in [9.17, 15) is 4.39 Å². The lowest BCUT2D eigenvalue weighted by Crippen LogP contribution is -2.11. The van der Waals surface area contributed by atoms with Crippen molar-refractivity contribution < 1.29 is 4.39 Å². The molecule has 0 radical (unpaired) electrons. The Kier molecular flexibility index (Phi) is 3.71. The second kappa shape index (κ2) is 5.91. The predicted molar refractivity (Wildman–Crippen MR) is 96.5 cm³/mol. The SMILES string of the molecule is CNc1ncc2c(-c3ccc4c(n3)C(CC(C)F)C(C)=N4)ccn2n1. The molecule has 0 saturated heterocycles. The molecule has 1 N–H and O–H groups in total. The van der Waals surface area contributed by atoms with Crippen LogP contribution in [0.1, 0.15) is 31.9 Å². The molecule has 0 bridgehead atoms. The third-order valence-electron chi connectivity index (χ3n) is 4.51. The van der Waals surface area contributed by atoms with Gasteiger partial charge in [-0.2, -0.15) is 0 Å². The fourth-order valence-electron chi connectivity index (χ4n) is 3.27. The third kappa shape index (κ3) is 2.65. The summed E-state index contributed by atoms with van der Waals surface area (Å²) in [5.74, 6) is 0.494. The summed E-state index contributed by atoms with van der Waals surface area (Å²) in [5.41, 5.74) is 5.26. The lowest BCUT2D eigenvalue weighted by atomic mass is 9.95. The summed E-state index contributed by atoms with van der Waals surface area (Å²) in [6.07, 6.45) is 3.16. The van der Waals surface area contributed by atoms with Gasteiger partial charge in [0.1, 0.15) is 0 Å². The van der Waals surface area contributed by atoms with Crippen molar-refractivity contribution in [1.29, 1.82) is 0 Å². The minimum atomic E-state index is -0.893. The summed E-state index contributed by atoms with van der Waals surface area (Å²) < 4.78 is 15.3. The smallest absolute Gasteiger partial charge is 0.240 e. The van der Waals surface area contributed by atoms with Gasteiger partial charge in [-0.05, 0) is 38.5 Å². The van der Waals surface area contributed by atoms with Gasteiger partial charge in [-0.15, -0.1) is 5.10 Å². The molecule has 0 saturated carbocycles. The molecule has 3 aromatic rings. The Labute approximate surface area is 144 Å². The lowest BCUT2D eigenvalue weighted by molar-refractivity contribution is 0.335. The largest absolute Gasteiger partial charge is 0.356 e. The lowest BCUT2D eigenvalue weighted by Gasteiger charge is -2.13. The van der Waals surface area contributed by atoms with Crippen LogP contribution in [0.4, 0.5) is 16.0 Å². The molecular formula is C18H19FN6. The average Bonchev–Trinajstić information content (AvgIpc) is 3.15. The van der Waals surface area contributed by atoms with Crippen LogP contribution >= 0.6 is 0 Å². The van der Waals surface area contributed by atoms with E-state index >= 15 is 0 Å². The molecule has 0 aromatic carbocycles. The zero-order valence-electron chi connectivity index (χ0n) is 14.4. The number of aliphatic imine (C=N–C) groups is 1. The van der Waals surface area contributed by atoms with Crippen molar-refractivity contribution in [3.8, 4) is 11.3 Å². The van der Waals surface area contributed by atoms with Crippen molar-refractivity contribution in [2.45, 2.75) is 32.4 Å². The number of fused-ring (bicyclic) bond motifs is 2. The Morgan fingerprint density at radius 3 is 2.92 bits per heavy atom. The van der Waals surface area contributed by atoms with E-state index in [1.165, 1.54) is 0 Å². The van der Waals surface area contributed by atoms with Gasteiger partial charge in [0, 0.05) is 30.4 Å². The van der Waals surface area contributed by atoms with Gasteiger partial charge in [-0.25, -0.2) is 18.9 Å². The molecule has 128 valence electrons. The van der Waals surface area contributed by atoms with Crippen molar-refractivity contribution >= 4 is 22.9 Å². The predicted octanol–water partition coefficient (Wildman–Crippen LogP) is 3.77.